The van der Waals surface area contributed by atoms with Crippen LogP contribution >= 0.6 is 0 Å². The molecule has 0 N–H and O–H groups in total. The lowest BCUT2D eigenvalue weighted by atomic mass is 10.0. The SMILES string of the molecule is CCC.C[C@H](CF)Cc1ccc(S(C)(=O)=O)cc1. The molecule has 104 valence electrons. The van der Waals surface area contributed by atoms with E-state index in [-0.39, 0.29) is 12.6 Å². The highest BCUT2D eigenvalue weighted by molar-refractivity contribution is 7.90. The minimum atomic E-state index is -3.13. The van der Waals surface area contributed by atoms with Gasteiger partial charge in [-0.2, -0.15) is 0 Å². The Hall–Kier alpha value is -0.900. The molecule has 0 heterocycles. The van der Waals surface area contributed by atoms with Gasteiger partial charge in [0.15, 0.2) is 9.84 Å². The summed E-state index contributed by atoms with van der Waals surface area (Å²) < 4.78 is 34.6. The predicted octanol–water partition coefficient (Wildman–Crippen LogP) is 3.65. The quantitative estimate of drug-likeness (QED) is 0.839. The van der Waals surface area contributed by atoms with E-state index >= 15 is 0 Å². The fraction of sp³-hybridized carbons (Fsp3) is 0.571. The van der Waals surface area contributed by atoms with E-state index in [1.54, 1.807) is 24.3 Å². The molecule has 2 nitrogen and oxygen atoms in total. The molecule has 0 amide bonds. The van der Waals surface area contributed by atoms with E-state index in [0.29, 0.717) is 11.3 Å². The van der Waals surface area contributed by atoms with Crippen LogP contribution in [0.3, 0.4) is 0 Å². The number of halogens is 1. The molecular formula is C14H23FO2S. The zero-order valence-electron chi connectivity index (χ0n) is 11.6. The maximum Gasteiger partial charge on any atom is 0.175 e. The van der Waals surface area contributed by atoms with Crippen molar-refractivity contribution in [2.75, 3.05) is 12.9 Å². The van der Waals surface area contributed by atoms with Crippen LogP contribution in [-0.2, 0) is 16.3 Å². The van der Waals surface area contributed by atoms with Crippen molar-refractivity contribution in [3.05, 3.63) is 29.8 Å². The Morgan fingerprint density at radius 1 is 1.17 bits per heavy atom. The third-order valence-corrected chi connectivity index (χ3v) is 3.33. The summed E-state index contributed by atoms with van der Waals surface area (Å²) in [5.74, 6) is -0.0194. The van der Waals surface area contributed by atoms with Gasteiger partial charge >= 0.3 is 0 Å². The number of benzene rings is 1. The Morgan fingerprint density at radius 2 is 1.61 bits per heavy atom. The van der Waals surface area contributed by atoms with Crippen LogP contribution in [-0.4, -0.2) is 21.3 Å². The Labute approximate surface area is 110 Å². The summed E-state index contributed by atoms with van der Waals surface area (Å²) in [5.41, 5.74) is 0.965. The van der Waals surface area contributed by atoms with Crippen molar-refractivity contribution in [2.45, 2.75) is 38.5 Å². The van der Waals surface area contributed by atoms with E-state index in [9.17, 15) is 12.8 Å². The molecule has 4 heteroatoms. The summed E-state index contributed by atoms with van der Waals surface area (Å²) in [6.45, 7) is 5.72. The first kappa shape index (κ1) is 17.1. The average Bonchev–Trinajstić information content (AvgIpc) is 2.29. The van der Waals surface area contributed by atoms with Gasteiger partial charge in [-0.3, -0.25) is 4.39 Å². The number of hydrogen-bond acceptors (Lipinski definition) is 2. The zero-order valence-corrected chi connectivity index (χ0v) is 12.4. The molecule has 0 aliphatic rings. The fourth-order valence-electron chi connectivity index (χ4n) is 1.33. The smallest absolute Gasteiger partial charge is 0.175 e. The Morgan fingerprint density at radius 3 is 1.94 bits per heavy atom. The molecule has 1 atom stereocenters. The van der Waals surface area contributed by atoms with Gasteiger partial charge in [0, 0.05) is 6.26 Å². The predicted molar refractivity (Wildman–Crippen MR) is 74.4 cm³/mol. The highest BCUT2D eigenvalue weighted by Crippen LogP contribution is 2.13. The van der Waals surface area contributed by atoms with Gasteiger partial charge in [-0.25, -0.2) is 8.42 Å². The van der Waals surface area contributed by atoms with Gasteiger partial charge < -0.3 is 0 Å². The summed E-state index contributed by atoms with van der Waals surface area (Å²) in [4.78, 5) is 0.305. The highest BCUT2D eigenvalue weighted by atomic mass is 32.2. The molecule has 0 aliphatic heterocycles. The van der Waals surface area contributed by atoms with Crippen LogP contribution < -0.4 is 0 Å². The van der Waals surface area contributed by atoms with E-state index in [0.717, 1.165) is 5.56 Å². The Kier molecular flexibility index (Phi) is 7.83. The third-order valence-electron chi connectivity index (χ3n) is 2.20. The maximum absolute atomic E-state index is 12.2. The molecular weight excluding hydrogens is 251 g/mol. The molecule has 0 fully saturated rings. The van der Waals surface area contributed by atoms with E-state index in [1.807, 2.05) is 6.92 Å². The second kappa shape index (κ2) is 8.25. The lowest BCUT2D eigenvalue weighted by molar-refractivity contribution is 0.381. The molecule has 18 heavy (non-hydrogen) atoms. The van der Waals surface area contributed by atoms with E-state index < -0.39 is 9.84 Å². The van der Waals surface area contributed by atoms with Crippen molar-refractivity contribution in [1.82, 2.24) is 0 Å². The summed E-state index contributed by atoms with van der Waals surface area (Å²) in [5, 5.41) is 0. The number of rotatable bonds is 4. The first-order valence-corrected chi connectivity index (χ1v) is 8.09. The third kappa shape index (κ3) is 6.74. The monoisotopic (exact) mass is 274 g/mol. The van der Waals surface area contributed by atoms with Gasteiger partial charge in [0.25, 0.3) is 0 Å². The average molecular weight is 274 g/mol. The minimum absolute atomic E-state index is 0.0194. The van der Waals surface area contributed by atoms with Crippen molar-refractivity contribution in [3.8, 4) is 0 Å². The van der Waals surface area contributed by atoms with E-state index in [1.165, 1.54) is 12.7 Å². The first-order chi connectivity index (χ1) is 8.35. The van der Waals surface area contributed by atoms with Crippen LogP contribution in [0, 0.1) is 5.92 Å². The van der Waals surface area contributed by atoms with Gasteiger partial charge in [0.1, 0.15) is 0 Å². The van der Waals surface area contributed by atoms with Crippen molar-refractivity contribution in [1.29, 1.82) is 0 Å². The molecule has 0 saturated heterocycles. The van der Waals surface area contributed by atoms with Crippen LogP contribution in [0.25, 0.3) is 0 Å². The number of alkyl halides is 1. The molecule has 1 rings (SSSR count). The zero-order chi connectivity index (χ0) is 14.2. The van der Waals surface area contributed by atoms with Crippen LogP contribution in [0.2, 0.25) is 0 Å². The molecule has 0 spiro atoms. The minimum Gasteiger partial charge on any atom is -0.251 e. The Balaban J connectivity index is 0.000000873. The topological polar surface area (TPSA) is 34.1 Å². The van der Waals surface area contributed by atoms with Gasteiger partial charge in [-0.05, 0) is 30.0 Å². The molecule has 1 aromatic carbocycles. The number of sulfone groups is 1. The van der Waals surface area contributed by atoms with Gasteiger partial charge in [-0.1, -0.05) is 39.3 Å². The van der Waals surface area contributed by atoms with Crippen LogP contribution in [0.4, 0.5) is 4.39 Å². The summed E-state index contributed by atoms with van der Waals surface area (Å²) in [7, 11) is -3.13. The van der Waals surface area contributed by atoms with E-state index in [4.69, 9.17) is 0 Å². The molecule has 0 saturated carbocycles. The Bertz CT molecular complexity index is 424. The molecule has 0 bridgehead atoms. The van der Waals surface area contributed by atoms with Gasteiger partial charge in [0.2, 0.25) is 0 Å². The highest BCUT2D eigenvalue weighted by Gasteiger charge is 2.07. The molecule has 0 aromatic heterocycles. The maximum atomic E-state index is 12.2. The summed E-state index contributed by atoms with van der Waals surface area (Å²) in [6.07, 6.45) is 3.06. The van der Waals surface area contributed by atoms with Crippen molar-refractivity contribution < 1.29 is 12.8 Å². The molecule has 0 radical (unpaired) electrons. The summed E-state index contributed by atoms with van der Waals surface area (Å²) >= 11 is 0. The first-order valence-electron chi connectivity index (χ1n) is 6.20. The normalized spacial score (nSPS) is 12.5. The number of hydrogen-bond donors (Lipinski definition) is 0. The molecule has 0 unspecified atom stereocenters. The second-order valence-electron chi connectivity index (χ2n) is 4.59. The standard InChI is InChI=1S/C11H15FO2S.C3H8/c1-9(8-12)7-10-3-5-11(6-4-10)15(2,13)14;1-3-2/h3-6,9H,7-8H2,1-2H3;3H2,1-2H3/t9-;/m0./s1. The van der Waals surface area contributed by atoms with Gasteiger partial charge in [0.05, 0.1) is 11.6 Å². The van der Waals surface area contributed by atoms with Crippen molar-refractivity contribution in [2.24, 2.45) is 5.92 Å². The lowest BCUT2D eigenvalue weighted by Gasteiger charge is -2.06. The molecule has 0 aliphatic carbocycles. The fourth-order valence-corrected chi connectivity index (χ4v) is 1.96. The van der Waals surface area contributed by atoms with Crippen LogP contribution in [0.5, 0.6) is 0 Å². The largest absolute Gasteiger partial charge is 0.251 e. The van der Waals surface area contributed by atoms with E-state index in [2.05, 4.69) is 13.8 Å². The van der Waals surface area contributed by atoms with Crippen molar-refractivity contribution in [3.63, 3.8) is 0 Å². The van der Waals surface area contributed by atoms with Gasteiger partial charge in [-0.15, -0.1) is 0 Å². The summed E-state index contributed by atoms with van der Waals surface area (Å²) in [6, 6.07) is 6.61. The lowest BCUT2D eigenvalue weighted by Crippen LogP contribution is -2.02. The second-order valence-corrected chi connectivity index (χ2v) is 6.60. The van der Waals surface area contributed by atoms with Crippen molar-refractivity contribution >= 4 is 9.84 Å². The molecule has 1 aromatic rings. The van der Waals surface area contributed by atoms with Crippen LogP contribution in [0.15, 0.2) is 29.2 Å². The van der Waals surface area contributed by atoms with Crippen LogP contribution in [0.1, 0.15) is 32.8 Å².